The van der Waals surface area contributed by atoms with Gasteiger partial charge in [0.2, 0.25) is 0 Å². The van der Waals surface area contributed by atoms with Crippen LogP contribution >= 0.6 is 0 Å². The average molecular weight is 360 g/mol. The van der Waals surface area contributed by atoms with Crippen LogP contribution in [0.25, 0.3) is 0 Å². The van der Waals surface area contributed by atoms with Crippen LogP contribution in [0.5, 0.6) is 11.5 Å². The Morgan fingerprint density at radius 2 is 1.30 bits per heavy atom. The van der Waals surface area contributed by atoms with Gasteiger partial charge in [0.1, 0.15) is 11.5 Å². The van der Waals surface area contributed by atoms with Crippen molar-refractivity contribution in [2.75, 3.05) is 0 Å². The second-order valence-corrected chi connectivity index (χ2v) is 7.14. The standard InChI is InChI=1S/C24H24O3/c1-17(2)23(26)27-22-15-11-20(12-16-22)24(3,18-7-5-4-6-8-18)19-9-13-21(25)14-10-19/h4-17,25H,1-3H3. The maximum atomic E-state index is 11.8. The minimum Gasteiger partial charge on any atom is -0.508 e. The van der Waals surface area contributed by atoms with Gasteiger partial charge < -0.3 is 9.84 Å². The summed E-state index contributed by atoms with van der Waals surface area (Å²) < 4.78 is 5.40. The number of benzene rings is 3. The number of carbonyl (C=O) groups is 1. The van der Waals surface area contributed by atoms with Gasteiger partial charge in [0, 0.05) is 5.41 Å². The molecule has 0 radical (unpaired) electrons. The summed E-state index contributed by atoms with van der Waals surface area (Å²) in [7, 11) is 0. The fraction of sp³-hybridized carbons (Fsp3) is 0.208. The highest BCUT2D eigenvalue weighted by Crippen LogP contribution is 2.39. The summed E-state index contributed by atoms with van der Waals surface area (Å²) in [5, 5.41) is 9.68. The molecule has 27 heavy (non-hydrogen) atoms. The van der Waals surface area contributed by atoms with Crippen LogP contribution in [0, 0.1) is 5.92 Å². The van der Waals surface area contributed by atoms with E-state index in [2.05, 4.69) is 19.1 Å². The van der Waals surface area contributed by atoms with Crippen LogP contribution in [0.1, 0.15) is 37.5 Å². The minimum absolute atomic E-state index is 0.170. The summed E-state index contributed by atoms with van der Waals surface area (Å²) in [5.74, 6) is 0.368. The highest BCUT2D eigenvalue weighted by atomic mass is 16.5. The summed E-state index contributed by atoms with van der Waals surface area (Å²) in [5.41, 5.74) is 2.88. The average Bonchev–Trinajstić information content (AvgIpc) is 2.69. The molecule has 1 N–H and O–H groups in total. The zero-order chi connectivity index (χ0) is 19.4. The molecule has 0 aliphatic carbocycles. The van der Waals surface area contributed by atoms with Crippen molar-refractivity contribution in [3.05, 3.63) is 95.6 Å². The molecule has 0 heterocycles. The molecule has 3 aromatic rings. The van der Waals surface area contributed by atoms with Gasteiger partial charge in [-0.3, -0.25) is 4.79 Å². The van der Waals surface area contributed by atoms with Crippen LogP contribution in [0.4, 0.5) is 0 Å². The Morgan fingerprint density at radius 3 is 1.81 bits per heavy atom. The van der Waals surface area contributed by atoms with Gasteiger partial charge in [0.05, 0.1) is 5.92 Å². The van der Waals surface area contributed by atoms with Gasteiger partial charge in [0.25, 0.3) is 0 Å². The molecule has 1 unspecified atom stereocenters. The van der Waals surface area contributed by atoms with Gasteiger partial charge in [-0.25, -0.2) is 0 Å². The summed E-state index contributed by atoms with van der Waals surface area (Å²) in [6, 6.07) is 25.2. The second kappa shape index (κ2) is 7.67. The van der Waals surface area contributed by atoms with Crippen LogP contribution in [0.3, 0.4) is 0 Å². The third-order valence-corrected chi connectivity index (χ3v) is 4.92. The van der Waals surface area contributed by atoms with Crippen LogP contribution in [0.15, 0.2) is 78.9 Å². The number of hydrogen-bond acceptors (Lipinski definition) is 3. The SMILES string of the molecule is CC(C)C(=O)Oc1ccc(C(C)(c2ccccc2)c2ccc(O)cc2)cc1. The minimum atomic E-state index is -0.407. The van der Waals surface area contributed by atoms with Gasteiger partial charge in [-0.2, -0.15) is 0 Å². The molecule has 3 nitrogen and oxygen atoms in total. The van der Waals surface area contributed by atoms with E-state index in [-0.39, 0.29) is 17.6 Å². The Hall–Kier alpha value is -3.07. The van der Waals surface area contributed by atoms with Crippen molar-refractivity contribution >= 4 is 5.97 Å². The van der Waals surface area contributed by atoms with Gasteiger partial charge in [-0.15, -0.1) is 0 Å². The molecule has 3 aromatic carbocycles. The molecule has 0 bridgehead atoms. The number of phenolic OH excluding ortho intramolecular Hbond substituents is 1. The first-order valence-electron chi connectivity index (χ1n) is 9.08. The van der Waals surface area contributed by atoms with Gasteiger partial charge in [-0.05, 0) is 47.9 Å². The van der Waals surface area contributed by atoms with Crippen molar-refractivity contribution in [3.8, 4) is 11.5 Å². The first-order valence-corrected chi connectivity index (χ1v) is 9.08. The van der Waals surface area contributed by atoms with E-state index in [4.69, 9.17) is 4.74 Å². The van der Waals surface area contributed by atoms with Gasteiger partial charge >= 0.3 is 5.97 Å². The fourth-order valence-corrected chi connectivity index (χ4v) is 3.16. The van der Waals surface area contributed by atoms with E-state index in [1.165, 1.54) is 0 Å². The topological polar surface area (TPSA) is 46.5 Å². The monoisotopic (exact) mass is 360 g/mol. The van der Waals surface area contributed by atoms with Gasteiger partial charge in [-0.1, -0.05) is 68.4 Å². The molecule has 0 saturated carbocycles. The summed E-state index contributed by atoms with van der Waals surface area (Å²) in [4.78, 5) is 11.8. The Balaban J connectivity index is 2.04. The molecule has 0 spiro atoms. The summed E-state index contributed by atoms with van der Waals surface area (Å²) in [6.45, 7) is 5.78. The van der Waals surface area contributed by atoms with Crippen molar-refractivity contribution in [1.82, 2.24) is 0 Å². The van der Waals surface area contributed by atoms with E-state index in [9.17, 15) is 9.90 Å². The lowest BCUT2D eigenvalue weighted by Crippen LogP contribution is -2.25. The summed E-state index contributed by atoms with van der Waals surface area (Å²) in [6.07, 6.45) is 0. The molecule has 0 aromatic heterocycles. The zero-order valence-electron chi connectivity index (χ0n) is 15.8. The molecule has 0 fully saturated rings. The smallest absolute Gasteiger partial charge is 0.313 e. The molecule has 0 saturated heterocycles. The van der Waals surface area contributed by atoms with Gasteiger partial charge in [0.15, 0.2) is 0 Å². The third kappa shape index (κ3) is 3.87. The van der Waals surface area contributed by atoms with Crippen LogP contribution < -0.4 is 4.74 Å². The van der Waals surface area contributed by atoms with E-state index in [0.717, 1.165) is 16.7 Å². The Labute approximate surface area is 160 Å². The number of esters is 1. The maximum Gasteiger partial charge on any atom is 0.313 e. The van der Waals surface area contributed by atoms with E-state index in [1.807, 2.05) is 68.4 Å². The zero-order valence-corrected chi connectivity index (χ0v) is 15.8. The van der Waals surface area contributed by atoms with E-state index in [1.54, 1.807) is 12.1 Å². The number of aromatic hydroxyl groups is 1. The second-order valence-electron chi connectivity index (χ2n) is 7.14. The number of carbonyl (C=O) groups excluding carboxylic acids is 1. The lowest BCUT2D eigenvalue weighted by atomic mass is 9.71. The lowest BCUT2D eigenvalue weighted by molar-refractivity contribution is -0.137. The van der Waals surface area contributed by atoms with Crippen molar-refractivity contribution < 1.29 is 14.6 Å². The Kier molecular flexibility index (Phi) is 5.31. The fourth-order valence-electron chi connectivity index (χ4n) is 3.16. The van der Waals surface area contributed by atoms with Crippen molar-refractivity contribution in [1.29, 1.82) is 0 Å². The molecule has 138 valence electrons. The van der Waals surface area contributed by atoms with Crippen molar-refractivity contribution in [2.24, 2.45) is 5.92 Å². The Morgan fingerprint density at radius 1 is 0.815 bits per heavy atom. The Bertz CT molecular complexity index is 897. The molecule has 0 aliphatic heterocycles. The van der Waals surface area contributed by atoms with Crippen LogP contribution in [0.2, 0.25) is 0 Å². The summed E-state index contributed by atoms with van der Waals surface area (Å²) >= 11 is 0. The highest BCUT2D eigenvalue weighted by molar-refractivity contribution is 5.74. The van der Waals surface area contributed by atoms with Crippen LogP contribution in [-0.4, -0.2) is 11.1 Å². The molecular weight excluding hydrogens is 336 g/mol. The number of ether oxygens (including phenoxy) is 1. The largest absolute Gasteiger partial charge is 0.508 e. The molecule has 0 amide bonds. The van der Waals surface area contributed by atoms with Crippen molar-refractivity contribution in [3.63, 3.8) is 0 Å². The number of rotatable bonds is 5. The predicted molar refractivity (Wildman–Crippen MR) is 107 cm³/mol. The quantitative estimate of drug-likeness (QED) is 0.381. The van der Waals surface area contributed by atoms with E-state index >= 15 is 0 Å². The number of hydrogen-bond donors (Lipinski definition) is 1. The van der Waals surface area contributed by atoms with E-state index < -0.39 is 5.41 Å². The van der Waals surface area contributed by atoms with Crippen molar-refractivity contribution in [2.45, 2.75) is 26.2 Å². The highest BCUT2D eigenvalue weighted by Gasteiger charge is 2.31. The van der Waals surface area contributed by atoms with E-state index in [0.29, 0.717) is 5.75 Å². The molecule has 3 heteroatoms. The third-order valence-electron chi connectivity index (χ3n) is 4.92. The number of phenols is 1. The molecular formula is C24H24O3. The van der Waals surface area contributed by atoms with Crippen LogP contribution in [-0.2, 0) is 10.2 Å². The first-order chi connectivity index (χ1) is 12.9. The molecule has 3 rings (SSSR count). The molecule has 1 atom stereocenters. The normalized spacial score (nSPS) is 13.2. The first kappa shape index (κ1) is 18.7. The molecule has 0 aliphatic rings. The predicted octanol–water partition coefficient (Wildman–Crippen LogP) is 5.31. The lowest BCUT2D eigenvalue weighted by Gasteiger charge is -2.32. The maximum absolute atomic E-state index is 11.8.